The Morgan fingerprint density at radius 3 is 2.60 bits per heavy atom. The van der Waals surface area contributed by atoms with Crippen molar-refractivity contribution in [3.05, 3.63) is 0 Å². The highest BCUT2D eigenvalue weighted by atomic mass is 16.4. The zero-order chi connectivity index (χ0) is 7.82. The van der Waals surface area contributed by atoms with Crippen molar-refractivity contribution < 1.29 is 9.90 Å². The van der Waals surface area contributed by atoms with Gasteiger partial charge in [0.15, 0.2) is 0 Å². The molecule has 4 N–H and O–H groups in total. The average molecular weight is 146 g/mol. The SMILES string of the molecule is NCCNCCNC(=O)[O-]. The van der Waals surface area contributed by atoms with E-state index >= 15 is 0 Å². The molecular weight excluding hydrogens is 134 g/mol. The monoisotopic (exact) mass is 146 g/mol. The van der Waals surface area contributed by atoms with Crippen LogP contribution in [0.1, 0.15) is 0 Å². The largest absolute Gasteiger partial charge is 0.530 e. The number of hydrogen-bond donors (Lipinski definition) is 3. The quantitative estimate of drug-likeness (QED) is 0.373. The van der Waals surface area contributed by atoms with Crippen molar-refractivity contribution in [2.24, 2.45) is 5.73 Å². The number of nitrogens with two attached hydrogens (primary N) is 1. The predicted octanol–water partition coefficient (Wildman–Crippen LogP) is -2.53. The van der Waals surface area contributed by atoms with Crippen molar-refractivity contribution in [3.8, 4) is 0 Å². The van der Waals surface area contributed by atoms with Crippen LogP contribution >= 0.6 is 0 Å². The van der Waals surface area contributed by atoms with Gasteiger partial charge in [-0.05, 0) is 0 Å². The van der Waals surface area contributed by atoms with Crippen LogP contribution in [0.25, 0.3) is 0 Å². The number of rotatable bonds is 5. The molecule has 5 nitrogen and oxygen atoms in total. The summed E-state index contributed by atoms with van der Waals surface area (Å²) in [6.45, 7) is 2.22. The molecule has 0 aromatic carbocycles. The maximum Gasteiger partial charge on any atom is 0.134 e. The lowest BCUT2D eigenvalue weighted by Crippen LogP contribution is -2.40. The van der Waals surface area contributed by atoms with Crippen LogP contribution in [-0.4, -0.2) is 32.3 Å². The molecule has 0 spiro atoms. The predicted molar refractivity (Wildman–Crippen MR) is 35.3 cm³/mol. The molecule has 60 valence electrons. The summed E-state index contributed by atoms with van der Waals surface area (Å²) in [5, 5.41) is 14.8. The number of carbonyl (C=O) groups excluding carboxylic acids is 1. The normalized spacial score (nSPS) is 9.30. The Hall–Kier alpha value is -0.810. The summed E-state index contributed by atoms with van der Waals surface area (Å²) < 4.78 is 0. The van der Waals surface area contributed by atoms with Crippen molar-refractivity contribution in [1.29, 1.82) is 0 Å². The summed E-state index contributed by atoms with van der Waals surface area (Å²) in [6, 6.07) is 0. The van der Waals surface area contributed by atoms with E-state index < -0.39 is 6.09 Å². The Kier molecular flexibility index (Phi) is 5.80. The van der Waals surface area contributed by atoms with E-state index in [1.165, 1.54) is 0 Å². The first kappa shape index (κ1) is 9.19. The van der Waals surface area contributed by atoms with E-state index in [0.29, 0.717) is 26.2 Å². The number of carboxylic acid groups (broad SMARTS) is 1. The van der Waals surface area contributed by atoms with E-state index in [9.17, 15) is 9.90 Å². The Bertz CT molecular complexity index is 96.9. The molecule has 0 rings (SSSR count). The van der Waals surface area contributed by atoms with Crippen molar-refractivity contribution >= 4 is 6.09 Å². The highest BCUT2D eigenvalue weighted by Gasteiger charge is 1.83. The number of nitrogens with one attached hydrogen (secondary N) is 2. The number of amides is 1. The van der Waals surface area contributed by atoms with Crippen molar-refractivity contribution in [2.75, 3.05) is 26.2 Å². The fourth-order valence-corrected chi connectivity index (χ4v) is 0.480. The van der Waals surface area contributed by atoms with Crippen LogP contribution in [0.15, 0.2) is 0 Å². The molecule has 0 aliphatic carbocycles. The minimum atomic E-state index is -1.24. The minimum absolute atomic E-state index is 0.363. The summed E-state index contributed by atoms with van der Waals surface area (Å²) in [5.41, 5.74) is 5.16. The molecular formula is C5H12N3O2-. The number of hydrogen-bond acceptors (Lipinski definition) is 4. The van der Waals surface area contributed by atoms with E-state index in [-0.39, 0.29) is 0 Å². The van der Waals surface area contributed by atoms with Gasteiger partial charge < -0.3 is 26.3 Å². The third-order valence-corrected chi connectivity index (χ3v) is 0.892. The van der Waals surface area contributed by atoms with Gasteiger partial charge in [-0.3, -0.25) is 0 Å². The zero-order valence-electron chi connectivity index (χ0n) is 5.72. The van der Waals surface area contributed by atoms with Gasteiger partial charge in [0.2, 0.25) is 0 Å². The van der Waals surface area contributed by atoms with Crippen LogP contribution in [-0.2, 0) is 0 Å². The number of carbonyl (C=O) groups is 1. The lowest BCUT2D eigenvalue weighted by atomic mass is 10.5. The third-order valence-electron chi connectivity index (χ3n) is 0.892. The summed E-state index contributed by atoms with van der Waals surface area (Å²) >= 11 is 0. The summed E-state index contributed by atoms with van der Waals surface area (Å²) in [5.74, 6) is 0. The molecule has 0 heterocycles. The molecule has 0 radical (unpaired) electrons. The highest BCUT2D eigenvalue weighted by Crippen LogP contribution is 1.57. The van der Waals surface area contributed by atoms with Crippen LogP contribution in [0, 0.1) is 0 Å². The fourth-order valence-electron chi connectivity index (χ4n) is 0.480. The smallest absolute Gasteiger partial charge is 0.134 e. The van der Waals surface area contributed by atoms with Crippen LogP contribution < -0.4 is 21.5 Å². The molecule has 10 heavy (non-hydrogen) atoms. The second-order valence-corrected chi connectivity index (χ2v) is 1.75. The molecule has 0 saturated carbocycles. The van der Waals surface area contributed by atoms with Gasteiger partial charge >= 0.3 is 0 Å². The Morgan fingerprint density at radius 2 is 2.10 bits per heavy atom. The van der Waals surface area contributed by atoms with Crippen LogP contribution in [0.3, 0.4) is 0 Å². The lowest BCUT2D eigenvalue weighted by Gasteiger charge is -2.05. The molecule has 0 fully saturated rings. The van der Waals surface area contributed by atoms with Gasteiger partial charge in [-0.25, -0.2) is 0 Å². The molecule has 0 bridgehead atoms. The topological polar surface area (TPSA) is 90.2 Å². The molecule has 0 aromatic rings. The van der Waals surface area contributed by atoms with E-state index in [1.54, 1.807) is 0 Å². The molecule has 0 aliphatic rings. The Morgan fingerprint density at radius 1 is 1.40 bits per heavy atom. The van der Waals surface area contributed by atoms with Crippen molar-refractivity contribution in [3.63, 3.8) is 0 Å². The molecule has 0 unspecified atom stereocenters. The maximum absolute atomic E-state index is 9.76. The second kappa shape index (κ2) is 6.31. The van der Waals surface area contributed by atoms with Gasteiger partial charge in [0, 0.05) is 26.2 Å². The molecule has 0 aliphatic heterocycles. The molecule has 1 amide bonds. The van der Waals surface area contributed by atoms with Crippen molar-refractivity contribution in [2.45, 2.75) is 0 Å². The van der Waals surface area contributed by atoms with E-state index in [4.69, 9.17) is 5.73 Å². The standard InChI is InChI=1S/C5H13N3O2/c6-1-2-7-3-4-8-5(9)10/h7-8H,1-4,6H2,(H,9,10)/p-1. The van der Waals surface area contributed by atoms with Gasteiger partial charge in [-0.2, -0.15) is 0 Å². The minimum Gasteiger partial charge on any atom is -0.530 e. The highest BCUT2D eigenvalue weighted by molar-refractivity contribution is 5.61. The van der Waals surface area contributed by atoms with E-state index in [0.717, 1.165) is 0 Å². The first-order valence-electron chi connectivity index (χ1n) is 3.13. The maximum atomic E-state index is 9.76. The van der Waals surface area contributed by atoms with Gasteiger partial charge in [-0.1, -0.05) is 0 Å². The average Bonchev–Trinajstić information content (AvgIpc) is 1.87. The molecule has 0 atom stereocenters. The van der Waals surface area contributed by atoms with Gasteiger partial charge in [0.1, 0.15) is 6.09 Å². The molecule has 0 aromatic heterocycles. The van der Waals surface area contributed by atoms with Gasteiger partial charge in [0.25, 0.3) is 0 Å². The Labute approximate surface area is 59.6 Å². The second-order valence-electron chi connectivity index (χ2n) is 1.75. The molecule has 5 heteroatoms. The van der Waals surface area contributed by atoms with Crippen molar-refractivity contribution in [1.82, 2.24) is 10.6 Å². The van der Waals surface area contributed by atoms with Crippen LogP contribution in [0.5, 0.6) is 0 Å². The van der Waals surface area contributed by atoms with Crippen LogP contribution in [0.2, 0.25) is 0 Å². The van der Waals surface area contributed by atoms with E-state index in [2.05, 4.69) is 10.6 Å². The van der Waals surface area contributed by atoms with E-state index in [1.807, 2.05) is 0 Å². The van der Waals surface area contributed by atoms with Crippen LogP contribution in [0.4, 0.5) is 4.79 Å². The fraction of sp³-hybridized carbons (Fsp3) is 0.800. The van der Waals surface area contributed by atoms with Gasteiger partial charge in [-0.15, -0.1) is 0 Å². The Balaban J connectivity index is 2.84. The molecule has 0 saturated heterocycles. The van der Waals surface area contributed by atoms with Gasteiger partial charge in [0.05, 0.1) is 0 Å². The lowest BCUT2D eigenvalue weighted by molar-refractivity contribution is -0.250. The summed E-state index contributed by atoms with van der Waals surface area (Å²) in [7, 11) is 0. The third kappa shape index (κ3) is 7.19. The zero-order valence-corrected chi connectivity index (χ0v) is 5.72. The first-order chi connectivity index (χ1) is 4.77. The first-order valence-corrected chi connectivity index (χ1v) is 3.13. The summed E-state index contributed by atoms with van der Waals surface area (Å²) in [6.07, 6.45) is -1.24. The summed E-state index contributed by atoms with van der Waals surface area (Å²) in [4.78, 5) is 9.76.